The maximum absolute atomic E-state index is 14.5. The molecule has 1 atom stereocenters. The molecule has 1 aromatic heterocycles. The molecule has 3 aromatic carbocycles. The van der Waals surface area contributed by atoms with E-state index in [0.29, 0.717) is 22.4 Å². The molecule has 5 nitrogen and oxygen atoms in total. The number of nitrogens with zero attached hydrogens (tertiary/aromatic N) is 3. The topological polar surface area (TPSA) is 54.2 Å². The van der Waals surface area contributed by atoms with Gasteiger partial charge in [0.1, 0.15) is 5.82 Å². The van der Waals surface area contributed by atoms with Crippen LogP contribution in [-0.4, -0.2) is 20.2 Å². The lowest BCUT2D eigenvalue weighted by Crippen LogP contribution is -2.45. The average Bonchev–Trinajstić information content (AvgIpc) is 3.33. The number of thiocarbonyl (C=S) groups is 1. The van der Waals surface area contributed by atoms with Gasteiger partial charge in [-0.1, -0.05) is 76.9 Å². The summed E-state index contributed by atoms with van der Waals surface area (Å²) >= 11 is 5.74. The minimum atomic E-state index is -0.286. The van der Waals surface area contributed by atoms with Gasteiger partial charge in [-0.15, -0.1) is 0 Å². The first kappa shape index (κ1) is 22.9. The Morgan fingerprint density at radius 3 is 2.49 bits per heavy atom. The molecule has 176 valence electrons. The van der Waals surface area contributed by atoms with Gasteiger partial charge in [-0.05, 0) is 50.7 Å². The summed E-state index contributed by atoms with van der Waals surface area (Å²) in [6, 6.07) is 22.6. The zero-order valence-electron chi connectivity index (χ0n) is 19.7. The third kappa shape index (κ3) is 4.59. The van der Waals surface area contributed by atoms with E-state index in [-0.39, 0.29) is 18.4 Å². The molecule has 35 heavy (non-hydrogen) atoms. The van der Waals surface area contributed by atoms with Crippen molar-refractivity contribution in [3.8, 4) is 11.4 Å². The van der Waals surface area contributed by atoms with Gasteiger partial charge >= 0.3 is 0 Å². The normalized spacial score (nSPS) is 15.9. The fourth-order valence-corrected chi connectivity index (χ4v) is 4.61. The maximum Gasteiger partial charge on any atom is 0.258 e. The predicted octanol–water partition coefficient (Wildman–Crippen LogP) is 6.36. The molecule has 0 aliphatic carbocycles. The molecule has 0 saturated carbocycles. The van der Waals surface area contributed by atoms with Crippen LogP contribution in [0.25, 0.3) is 17.0 Å². The van der Waals surface area contributed by atoms with Gasteiger partial charge in [-0.25, -0.2) is 4.39 Å². The Morgan fingerprint density at radius 2 is 1.74 bits per heavy atom. The highest BCUT2D eigenvalue weighted by Crippen LogP contribution is 2.38. The van der Waals surface area contributed by atoms with E-state index < -0.39 is 0 Å². The second-order valence-corrected chi connectivity index (χ2v) is 9.15. The summed E-state index contributed by atoms with van der Waals surface area (Å²) in [7, 11) is 0. The van der Waals surface area contributed by atoms with Gasteiger partial charge in [0.05, 0.1) is 18.2 Å². The zero-order valence-corrected chi connectivity index (χ0v) is 20.6. The number of aryl methyl sites for hydroxylation is 2. The van der Waals surface area contributed by atoms with Crippen LogP contribution in [0.4, 0.5) is 4.39 Å². The highest BCUT2D eigenvalue weighted by atomic mass is 32.1. The first-order valence-corrected chi connectivity index (χ1v) is 11.8. The Bertz CT molecular complexity index is 1430. The number of aromatic nitrogens is 2. The van der Waals surface area contributed by atoms with E-state index in [2.05, 4.69) is 34.7 Å². The lowest BCUT2D eigenvalue weighted by molar-refractivity contribution is 0.395. The molecule has 0 radical (unpaired) electrons. The Hall–Kier alpha value is -3.84. The molecule has 1 aliphatic rings. The summed E-state index contributed by atoms with van der Waals surface area (Å²) in [4.78, 5) is 6.63. The summed E-state index contributed by atoms with van der Waals surface area (Å²) in [6.07, 6.45) is 0. The third-order valence-corrected chi connectivity index (χ3v) is 6.56. The maximum atomic E-state index is 14.5. The van der Waals surface area contributed by atoms with E-state index in [0.717, 1.165) is 33.5 Å². The molecule has 1 aliphatic heterocycles. The number of benzene rings is 3. The summed E-state index contributed by atoms with van der Waals surface area (Å²) in [5.41, 5.74) is 6.38. The van der Waals surface area contributed by atoms with Crippen LogP contribution >= 0.6 is 12.2 Å². The fraction of sp³-hybridized carbons (Fsp3) is 0.179. The van der Waals surface area contributed by atoms with Gasteiger partial charge in [-0.2, -0.15) is 4.98 Å². The molecule has 5 rings (SSSR count). The van der Waals surface area contributed by atoms with Crippen LogP contribution in [0, 0.1) is 19.7 Å². The third-order valence-electron chi connectivity index (χ3n) is 6.23. The molecule has 0 spiro atoms. The van der Waals surface area contributed by atoms with Crippen molar-refractivity contribution in [1.29, 1.82) is 0 Å². The standard InChI is InChI=1S/C28H25FN4OS/c1-17-11-13-20(14-12-17)25-24(27-31-26(32-34-27)21-9-6-7-18(2)15-21)19(3)33(28(35)30-25)16-22-8-4-5-10-23(22)29/h4-15,25H,16H2,1-3H3,(H,30,35). The van der Waals surface area contributed by atoms with E-state index in [1.54, 1.807) is 12.1 Å². The van der Waals surface area contributed by atoms with Crippen molar-refractivity contribution in [2.24, 2.45) is 0 Å². The largest absolute Gasteiger partial charge is 0.351 e. The van der Waals surface area contributed by atoms with Crippen LogP contribution in [0.2, 0.25) is 0 Å². The monoisotopic (exact) mass is 484 g/mol. The van der Waals surface area contributed by atoms with Crippen molar-refractivity contribution < 1.29 is 8.91 Å². The number of hydrogen-bond donors (Lipinski definition) is 1. The highest BCUT2D eigenvalue weighted by molar-refractivity contribution is 7.80. The van der Waals surface area contributed by atoms with Gasteiger partial charge in [0, 0.05) is 16.8 Å². The molecule has 0 amide bonds. The zero-order chi connectivity index (χ0) is 24.5. The van der Waals surface area contributed by atoms with E-state index in [4.69, 9.17) is 21.7 Å². The molecule has 1 N–H and O–H groups in total. The van der Waals surface area contributed by atoms with Crippen LogP contribution < -0.4 is 5.32 Å². The molecule has 0 bridgehead atoms. The summed E-state index contributed by atoms with van der Waals surface area (Å²) in [5.74, 6) is 0.642. The number of hydrogen-bond acceptors (Lipinski definition) is 4. The lowest BCUT2D eigenvalue weighted by Gasteiger charge is -2.37. The second kappa shape index (κ2) is 9.43. The fourth-order valence-electron chi connectivity index (χ4n) is 4.29. The Morgan fingerprint density at radius 1 is 0.971 bits per heavy atom. The van der Waals surface area contributed by atoms with E-state index in [9.17, 15) is 4.39 Å². The summed E-state index contributed by atoms with van der Waals surface area (Å²) in [5, 5.41) is 8.20. The van der Waals surface area contributed by atoms with E-state index in [1.165, 1.54) is 6.07 Å². The first-order valence-electron chi connectivity index (χ1n) is 11.4. The molecule has 4 aromatic rings. The van der Waals surface area contributed by atoms with Crippen molar-refractivity contribution >= 4 is 22.9 Å². The SMILES string of the molecule is CC1=C(c2nc(-c3cccc(C)c3)no2)C(c2ccc(C)cc2)NC(=S)N1Cc1ccccc1F. The van der Waals surface area contributed by atoms with Crippen molar-refractivity contribution in [2.75, 3.05) is 0 Å². The quantitative estimate of drug-likeness (QED) is 0.333. The van der Waals surface area contributed by atoms with Gasteiger partial charge in [0.25, 0.3) is 5.89 Å². The minimum Gasteiger partial charge on any atom is -0.351 e. The Kier molecular flexibility index (Phi) is 6.17. The number of allylic oxidation sites excluding steroid dienone is 1. The summed E-state index contributed by atoms with van der Waals surface area (Å²) < 4.78 is 20.3. The van der Waals surface area contributed by atoms with E-state index in [1.807, 2.05) is 56.0 Å². The van der Waals surface area contributed by atoms with Crippen LogP contribution in [-0.2, 0) is 6.54 Å². The number of nitrogens with one attached hydrogen (secondary N) is 1. The predicted molar refractivity (Wildman–Crippen MR) is 139 cm³/mol. The van der Waals surface area contributed by atoms with E-state index >= 15 is 0 Å². The molecule has 2 heterocycles. The molecular formula is C28H25FN4OS. The first-order chi connectivity index (χ1) is 16.9. The van der Waals surface area contributed by atoms with Gasteiger partial charge in [-0.3, -0.25) is 0 Å². The second-order valence-electron chi connectivity index (χ2n) is 8.76. The van der Waals surface area contributed by atoms with Crippen LogP contribution in [0.15, 0.2) is 83.0 Å². The average molecular weight is 485 g/mol. The van der Waals surface area contributed by atoms with Gasteiger partial charge in [0.15, 0.2) is 5.11 Å². The van der Waals surface area contributed by atoms with Gasteiger partial charge < -0.3 is 14.7 Å². The molecule has 0 saturated heterocycles. The molecular weight excluding hydrogens is 459 g/mol. The highest BCUT2D eigenvalue weighted by Gasteiger charge is 2.34. The van der Waals surface area contributed by atoms with Crippen molar-refractivity contribution in [2.45, 2.75) is 33.4 Å². The molecule has 7 heteroatoms. The van der Waals surface area contributed by atoms with Crippen molar-refractivity contribution in [1.82, 2.24) is 20.4 Å². The van der Waals surface area contributed by atoms with Crippen molar-refractivity contribution in [3.05, 3.63) is 112 Å². The molecule has 1 unspecified atom stereocenters. The van der Waals surface area contributed by atoms with Crippen LogP contribution in [0.3, 0.4) is 0 Å². The Balaban J connectivity index is 1.61. The lowest BCUT2D eigenvalue weighted by atomic mass is 9.94. The smallest absolute Gasteiger partial charge is 0.258 e. The Labute approximate surface area is 209 Å². The van der Waals surface area contributed by atoms with Crippen LogP contribution in [0.1, 0.15) is 41.1 Å². The number of rotatable bonds is 5. The summed E-state index contributed by atoms with van der Waals surface area (Å²) in [6.45, 7) is 6.32. The van der Waals surface area contributed by atoms with Crippen molar-refractivity contribution in [3.63, 3.8) is 0 Å². The van der Waals surface area contributed by atoms with Gasteiger partial charge in [0.2, 0.25) is 5.82 Å². The number of halogens is 1. The minimum absolute atomic E-state index is 0.273. The molecule has 0 fully saturated rings. The van der Waals surface area contributed by atoms with Crippen LogP contribution in [0.5, 0.6) is 0 Å².